The molecule has 0 fully saturated rings. The summed E-state index contributed by atoms with van der Waals surface area (Å²) in [5.41, 5.74) is 1.14. The topological polar surface area (TPSA) is 66.4 Å². The molecule has 0 heterocycles. The van der Waals surface area contributed by atoms with E-state index in [1.165, 1.54) is 0 Å². The molecule has 4 nitrogen and oxygen atoms in total. The molecule has 4 heteroatoms. The number of nitrogens with one attached hydrogen (secondary N) is 1. The number of carbonyl (C=O) groups excluding carboxylic acids is 1. The van der Waals surface area contributed by atoms with Crippen molar-refractivity contribution in [3.8, 4) is 0 Å². The zero-order valence-electron chi connectivity index (χ0n) is 15.5. The van der Waals surface area contributed by atoms with E-state index in [2.05, 4.69) is 46.0 Å². The second-order valence-corrected chi connectivity index (χ2v) is 8.55. The Kier molecular flexibility index (Phi) is 6.84. The Labute approximate surface area is 140 Å². The van der Waals surface area contributed by atoms with E-state index >= 15 is 0 Å². The van der Waals surface area contributed by atoms with Crippen LogP contribution in [0.15, 0.2) is 11.6 Å². The van der Waals surface area contributed by atoms with Crippen LogP contribution in [0.2, 0.25) is 0 Å². The number of carboxylic acids is 1. The standard InChI is InChI=1S/C19H33NO3/c1-12(2)16-8-14(9-18(22)23)13(3)7-15(16)11-20-17(21)10-19(4,5)6/h7,12,14-16H,8-11H2,1-6H3,(H,20,21)(H,22,23). The van der Waals surface area contributed by atoms with E-state index in [0.29, 0.717) is 30.7 Å². The molecule has 0 aromatic heterocycles. The van der Waals surface area contributed by atoms with Gasteiger partial charge in [0.1, 0.15) is 0 Å². The first kappa shape index (κ1) is 19.7. The number of amides is 1. The minimum Gasteiger partial charge on any atom is -0.481 e. The number of hydrogen-bond donors (Lipinski definition) is 2. The first-order valence-electron chi connectivity index (χ1n) is 8.66. The molecular formula is C19H33NO3. The van der Waals surface area contributed by atoms with Gasteiger partial charge in [-0.25, -0.2) is 0 Å². The van der Waals surface area contributed by atoms with E-state index in [1.54, 1.807) is 0 Å². The van der Waals surface area contributed by atoms with Crippen molar-refractivity contribution in [3.63, 3.8) is 0 Å². The van der Waals surface area contributed by atoms with Gasteiger partial charge in [-0.3, -0.25) is 9.59 Å². The van der Waals surface area contributed by atoms with Gasteiger partial charge >= 0.3 is 5.97 Å². The molecule has 0 saturated heterocycles. The Hall–Kier alpha value is -1.32. The number of rotatable bonds is 6. The van der Waals surface area contributed by atoms with Gasteiger partial charge in [0, 0.05) is 13.0 Å². The lowest BCUT2D eigenvalue weighted by Gasteiger charge is -2.37. The van der Waals surface area contributed by atoms with Gasteiger partial charge in [0.2, 0.25) is 5.91 Å². The molecule has 0 bridgehead atoms. The lowest BCUT2D eigenvalue weighted by molar-refractivity contribution is -0.138. The number of aliphatic carboxylic acids is 1. The summed E-state index contributed by atoms with van der Waals surface area (Å²) in [7, 11) is 0. The molecule has 0 aromatic carbocycles. The van der Waals surface area contributed by atoms with Gasteiger partial charge in [0.05, 0.1) is 6.42 Å². The normalized spacial score (nSPS) is 25.2. The summed E-state index contributed by atoms with van der Waals surface area (Å²) in [6.07, 6.45) is 3.82. The molecule has 3 atom stereocenters. The number of carboxylic acid groups (broad SMARTS) is 1. The van der Waals surface area contributed by atoms with E-state index < -0.39 is 5.97 Å². The van der Waals surface area contributed by atoms with Crippen LogP contribution in [0.3, 0.4) is 0 Å². The lowest BCUT2D eigenvalue weighted by Crippen LogP contribution is -2.38. The molecule has 2 N–H and O–H groups in total. The summed E-state index contributed by atoms with van der Waals surface area (Å²) in [4.78, 5) is 23.1. The van der Waals surface area contributed by atoms with Crippen molar-refractivity contribution in [3.05, 3.63) is 11.6 Å². The van der Waals surface area contributed by atoms with Crippen LogP contribution in [0.1, 0.15) is 60.8 Å². The van der Waals surface area contributed by atoms with E-state index in [9.17, 15) is 9.59 Å². The molecule has 1 amide bonds. The maximum atomic E-state index is 12.1. The zero-order valence-corrected chi connectivity index (χ0v) is 15.5. The monoisotopic (exact) mass is 323 g/mol. The smallest absolute Gasteiger partial charge is 0.303 e. The summed E-state index contributed by atoms with van der Waals surface area (Å²) < 4.78 is 0. The van der Waals surface area contributed by atoms with Crippen LogP contribution in [0, 0.1) is 29.1 Å². The molecule has 0 saturated carbocycles. The average molecular weight is 323 g/mol. The van der Waals surface area contributed by atoms with Crippen LogP contribution in [0.25, 0.3) is 0 Å². The predicted molar refractivity (Wildman–Crippen MR) is 93.0 cm³/mol. The van der Waals surface area contributed by atoms with Crippen LogP contribution in [-0.4, -0.2) is 23.5 Å². The first-order valence-corrected chi connectivity index (χ1v) is 8.66. The van der Waals surface area contributed by atoms with Crippen LogP contribution in [0.4, 0.5) is 0 Å². The maximum Gasteiger partial charge on any atom is 0.303 e. The fraction of sp³-hybridized carbons (Fsp3) is 0.789. The Bertz CT molecular complexity index is 460. The third-order valence-electron chi connectivity index (χ3n) is 4.73. The van der Waals surface area contributed by atoms with E-state index in [4.69, 9.17) is 5.11 Å². The zero-order chi connectivity index (χ0) is 17.8. The molecule has 1 aliphatic carbocycles. The molecule has 0 radical (unpaired) electrons. The largest absolute Gasteiger partial charge is 0.481 e. The number of hydrogen-bond acceptors (Lipinski definition) is 2. The summed E-state index contributed by atoms with van der Waals surface area (Å²) in [5.74, 6) is 0.671. The Morgan fingerprint density at radius 3 is 2.43 bits per heavy atom. The molecule has 23 heavy (non-hydrogen) atoms. The van der Waals surface area contributed by atoms with Gasteiger partial charge < -0.3 is 10.4 Å². The van der Waals surface area contributed by atoms with Crippen molar-refractivity contribution in [1.82, 2.24) is 5.32 Å². The highest BCUT2D eigenvalue weighted by Gasteiger charge is 2.32. The summed E-state index contributed by atoms with van der Waals surface area (Å²) in [5, 5.41) is 12.1. The van der Waals surface area contributed by atoms with Gasteiger partial charge in [0.25, 0.3) is 0 Å². The minimum atomic E-state index is -0.734. The molecule has 0 spiro atoms. The highest BCUT2D eigenvalue weighted by Crippen LogP contribution is 2.38. The third kappa shape index (κ3) is 6.76. The molecule has 1 aliphatic rings. The fourth-order valence-electron chi connectivity index (χ4n) is 3.49. The van der Waals surface area contributed by atoms with Gasteiger partial charge in [-0.15, -0.1) is 0 Å². The summed E-state index contributed by atoms with van der Waals surface area (Å²) in [6, 6.07) is 0. The lowest BCUT2D eigenvalue weighted by atomic mass is 9.70. The van der Waals surface area contributed by atoms with Crippen molar-refractivity contribution < 1.29 is 14.7 Å². The SMILES string of the molecule is CC1=CC(CNC(=O)CC(C)(C)C)C(C(C)C)CC1CC(=O)O. The summed E-state index contributed by atoms with van der Waals surface area (Å²) >= 11 is 0. The average Bonchev–Trinajstić information content (AvgIpc) is 2.36. The van der Waals surface area contributed by atoms with Crippen molar-refractivity contribution in [2.75, 3.05) is 6.54 Å². The fourth-order valence-corrected chi connectivity index (χ4v) is 3.49. The number of allylic oxidation sites excluding steroid dienone is 1. The Morgan fingerprint density at radius 2 is 1.96 bits per heavy atom. The van der Waals surface area contributed by atoms with Crippen LogP contribution >= 0.6 is 0 Å². The van der Waals surface area contributed by atoms with Gasteiger partial charge in [-0.05, 0) is 42.4 Å². The quantitative estimate of drug-likeness (QED) is 0.729. The first-order chi connectivity index (χ1) is 10.5. The second kappa shape index (κ2) is 7.98. The molecule has 1 rings (SSSR count). The van der Waals surface area contributed by atoms with Crippen LogP contribution in [0.5, 0.6) is 0 Å². The van der Waals surface area contributed by atoms with Crippen molar-refractivity contribution >= 4 is 11.9 Å². The van der Waals surface area contributed by atoms with Gasteiger partial charge in [0.15, 0.2) is 0 Å². The van der Waals surface area contributed by atoms with Crippen LogP contribution in [-0.2, 0) is 9.59 Å². The van der Waals surface area contributed by atoms with Gasteiger partial charge in [-0.2, -0.15) is 0 Å². The maximum absolute atomic E-state index is 12.1. The summed E-state index contributed by atoms with van der Waals surface area (Å²) in [6.45, 7) is 13.2. The molecular weight excluding hydrogens is 290 g/mol. The molecule has 0 aliphatic heterocycles. The van der Waals surface area contributed by atoms with Crippen molar-refractivity contribution in [1.29, 1.82) is 0 Å². The highest BCUT2D eigenvalue weighted by molar-refractivity contribution is 5.76. The number of carbonyl (C=O) groups is 2. The van der Waals surface area contributed by atoms with Crippen molar-refractivity contribution in [2.45, 2.75) is 60.8 Å². The predicted octanol–water partition coefficient (Wildman–Crippen LogP) is 3.87. The molecule has 0 aromatic rings. The Balaban J connectivity index is 2.73. The highest BCUT2D eigenvalue weighted by atomic mass is 16.4. The van der Waals surface area contributed by atoms with E-state index in [1.807, 2.05) is 6.92 Å². The minimum absolute atomic E-state index is 0.00750. The second-order valence-electron chi connectivity index (χ2n) is 8.55. The van der Waals surface area contributed by atoms with E-state index in [-0.39, 0.29) is 23.7 Å². The molecule has 3 unspecified atom stereocenters. The third-order valence-corrected chi connectivity index (χ3v) is 4.73. The van der Waals surface area contributed by atoms with Crippen molar-refractivity contribution in [2.24, 2.45) is 29.1 Å². The van der Waals surface area contributed by atoms with Crippen LogP contribution < -0.4 is 5.32 Å². The van der Waals surface area contributed by atoms with Gasteiger partial charge in [-0.1, -0.05) is 46.3 Å². The Morgan fingerprint density at radius 1 is 1.35 bits per heavy atom. The molecule has 132 valence electrons. The van der Waals surface area contributed by atoms with E-state index in [0.717, 1.165) is 12.0 Å².